The lowest BCUT2D eigenvalue weighted by atomic mass is 9.85. The van der Waals surface area contributed by atoms with E-state index in [1.165, 1.54) is 38.6 Å². The van der Waals surface area contributed by atoms with E-state index in [4.69, 9.17) is 0 Å². The summed E-state index contributed by atoms with van der Waals surface area (Å²) >= 11 is 0. The molecule has 1 rings (SSSR count). The Morgan fingerprint density at radius 3 is 2.29 bits per heavy atom. The summed E-state index contributed by atoms with van der Waals surface area (Å²) in [5.41, 5.74) is 0.243. The molecule has 1 heteroatoms. The highest BCUT2D eigenvalue weighted by atomic mass is 14.9. The number of rotatable bonds is 3. The van der Waals surface area contributed by atoms with Gasteiger partial charge in [0.25, 0.3) is 0 Å². The smallest absolute Gasteiger partial charge is 0.0120 e. The van der Waals surface area contributed by atoms with E-state index in [2.05, 4.69) is 37.9 Å². The quantitative estimate of drug-likeness (QED) is 0.576. The Morgan fingerprint density at radius 1 is 1.06 bits per heavy atom. The van der Waals surface area contributed by atoms with Crippen molar-refractivity contribution in [2.75, 3.05) is 6.54 Å². The van der Waals surface area contributed by atoms with Gasteiger partial charge < -0.3 is 5.32 Å². The summed E-state index contributed by atoms with van der Waals surface area (Å²) in [5.74, 6) is 8.00. The highest BCUT2D eigenvalue weighted by Gasteiger charge is 2.24. The number of nitrogens with one attached hydrogen (secondary N) is 1. The second-order valence-corrected chi connectivity index (χ2v) is 6.42. The molecule has 98 valence electrons. The molecule has 0 aromatic rings. The Hall–Kier alpha value is -0.480. The van der Waals surface area contributed by atoms with Crippen LogP contribution >= 0.6 is 0 Å². The van der Waals surface area contributed by atoms with Crippen molar-refractivity contribution >= 4 is 0 Å². The molecular formula is C16H29N. The van der Waals surface area contributed by atoms with Gasteiger partial charge in [-0.2, -0.15) is 0 Å². The van der Waals surface area contributed by atoms with Gasteiger partial charge in [-0.3, -0.25) is 0 Å². The summed E-state index contributed by atoms with van der Waals surface area (Å²) in [4.78, 5) is 0. The third kappa shape index (κ3) is 6.13. The summed E-state index contributed by atoms with van der Waals surface area (Å²) in [6.45, 7) is 9.89. The lowest BCUT2D eigenvalue weighted by Crippen LogP contribution is -2.40. The molecule has 0 amide bonds. The van der Waals surface area contributed by atoms with Crippen molar-refractivity contribution in [3.8, 4) is 11.8 Å². The normalized spacial score (nSPS) is 25.9. The van der Waals surface area contributed by atoms with Crippen LogP contribution in [0.2, 0.25) is 0 Å². The molecule has 0 aliphatic heterocycles. The molecule has 1 aliphatic carbocycles. The van der Waals surface area contributed by atoms with Crippen molar-refractivity contribution in [2.45, 2.75) is 71.8 Å². The Bertz CT molecular complexity index is 263. The van der Waals surface area contributed by atoms with Gasteiger partial charge in [0.15, 0.2) is 0 Å². The largest absolute Gasteiger partial charge is 0.312 e. The summed E-state index contributed by atoms with van der Waals surface area (Å²) in [6.07, 6.45) is 8.11. The molecule has 0 saturated heterocycles. The van der Waals surface area contributed by atoms with Crippen LogP contribution in [0.15, 0.2) is 0 Å². The summed E-state index contributed by atoms with van der Waals surface area (Å²) in [5, 5.41) is 3.68. The first-order valence-electron chi connectivity index (χ1n) is 7.17. The minimum Gasteiger partial charge on any atom is -0.312 e. The summed E-state index contributed by atoms with van der Waals surface area (Å²) in [6, 6.07) is 0. The molecule has 0 heterocycles. The molecule has 2 unspecified atom stereocenters. The van der Waals surface area contributed by atoms with Crippen LogP contribution < -0.4 is 5.32 Å². The van der Waals surface area contributed by atoms with Gasteiger partial charge in [0, 0.05) is 12.0 Å². The third-order valence-electron chi connectivity index (χ3n) is 3.75. The lowest BCUT2D eigenvalue weighted by Gasteiger charge is -2.29. The zero-order valence-electron chi connectivity index (χ0n) is 12.1. The molecule has 0 aromatic carbocycles. The van der Waals surface area contributed by atoms with Crippen LogP contribution in [0.4, 0.5) is 0 Å². The predicted octanol–water partition coefficient (Wildman–Crippen LogP) is 3.98. The van der Waals surface area contributed by atoms with Gasteiger partial charge in [-0.15, -0.1) is 11.8 Å². The molecule has 0 bridgehead atoms. The van der Waals surface area contributed by atoms with Crippen LogP contribution in [0.5, 0.6) is 0 Å². The zero-order valence-corrected chi connectivity index (χ0v) is 12.1. The maximum atomic E-state index is 3.68. The number of hydrogen-bond donors (Lipinski definition) is 1. The molecule has 17 heavy (non-hydrogen) atoms. The molecule has 1 fully saturated rings. The van der Waals surface area contributed by atoms with Crippen molar-refractivity contribution in [1.29, 1.82) is 0 Å². The molecule has 0 radical (unpaired) electrons. The average molecular weight is 235 g/mol. The second-order valence-electron chi connectivity index (χ2n) is 6.42. The second kappa shape index (κ2) is 7.07. The van der Waals surface area contributed by atoms with Crippen molar-refractivity contribution in [3.05, 3.63) is 0 Å². The predicted molar refractivity (Wildman–Crippen MR) is 75.9 cm³/mol. The van der Waals surface area contributed by atoms with Crippen LogP contribution in [-0.4, -0.2) is 12.1 Å². The van der Waals surface area contributed by atoms with Gasteiger partial charge in [-0.25, -0.2) is 0 Å². The topological polar surface area (TPSA) is 12.0 Å². The molecule has 1 nitrogen and oxygen atoms in total. The molecular weight excluding hydrogens is 206 g/mol. The van der Waals surface area contributed by atoms with Crippen molar-refractivity contribution < 1.29 is 0 Å². The molecule has 2 atom stereocenters. The van der Waals surface area contributed by atoms with E-state index in [1.54, 1.807) is 0 Å². The Kier molecular flexibility index (Phi) is 6.06. The van der Waals surface area contributed by atoms with Crippen LogP contribution in [-0.2, 0) is 0 Å². The van der Waals surface area contributed by atoms with Gasteiger partial charge in [0.1, 0.15) is 0 Å². The summed E-state index contributed by atoms with van der Waals surface area (Å²) < 4.78 is 0. The van der Waals surface area contributed by atoms with Crippen molar-refractivity contribution in [3.63, 3.8) is 0 Å². The van der Waals surface area contributed by atoms with Crippen LogP contribution in [0.3, 0.4) is 0 Å². The zero-order chi connectivity index (χ0) is 12.7. The minimum absolute atomic E-state index is 0.243. The first-order chi connectivity index (χ1) is 8.03. The highest BCUT2D eigenvalue weighted by Crippen LogP contribution is 2.30. The van der Waals surface area contributed by atoms with E-state index < -0.39 is 0 Å². The summed E-state index contributed by atoms with van der Waals surface area (Å²) in [7, 11) is 0. The fraction of sp³-hybridized carbons (Fsp3) is 0.875. The molecule has 1 saturated carbocycles. The Balaban J connectivity index is 2.51. The average Bonchev–Trinajstić information content (AvgIpc) is 2.47. The molecule has 1 N–H and O–H groups in total. The lowest BCUT2D eigenvalue weighted by molar-refractivity contribution is 0.275. The fourth-order valence-corrected chi connectivity index (χ4v) is 2.67. The van der Waals surface area contributed by atoms with E-state index in [0.29, 0.717) is 0 Å². The minimum atomic E-state index is 0.243. The van der Waals surface area contributed by atoms with Crippen LogP contribution in [0.1, 0.15) is 66.2 Å². The third-order valence-corrected chi connectivity index (χ3v) is 3.75. The van der Waals surface area contributed by atoms with E-state index in [1.807, 2.05) is 6.92 Å². The van der Waals surface area contributed by atoms with Gasteiger partial charge in [-0.05, 0) is 58.9 Å². The van der Waals surface area contributed by atoms with E-state index in [0.717, 1.165) is 18.3 Å². The van der Waals surface area contributed by atoms with Crippen molar-refractivity contribution in [1.82, 2.24) is 5.32 Å². The number of hydrogen-bond acceptors (Lipinski definition) is 1. The maximum absolute atomic E-state index is 3.68. The fourth-order valence-electron chi connectivity index (χ4n) is 2.67. The van der Waals surface area contributed by atoms with Gasteiger partial charge in [0.05, 0.1) is 0 Å². The van der Waals surface area contributed by atoms with Crippen LogP contribution in [0.25, 0.3) is 0 Å². The standard InChI is InChI=1S/C16H29N/c1-5-6-10-14-11-8-7-9-12-15(14)13-17-16(2,3)4/h14-15,17H,7-13H2,1-4H3. The molecule has 0 spiro atoms. The van der Waals surface area contributed by atoms with E-state index in [-0.39, 0.29) is 5.54 Å². The van der Waals surface area contributed by atoms with E-state index >= 15 is 0 Å². The first kappa shape index (κ1) is 14.6. The Labute approximate surface area is 108 Å². The SMILES string of the molecule is CC#CCC1CCCCCC1CNC(C)(C)C. The van der Waals surface area contributed by atoms with Crippen molar-refractivity contribution in [2.24, 2.45) is 11.8 Å². The van der Waals surface area contributed by atoms with Gasteiger partial charge in [-0.1, -0.05) is 19.3 Å². The first-order valence-corrected chi connectivity index (χ1v) is 7.17. The van der Waals surface area contributed by atoms with Crippen LogP contribution in [0, 0.1) is 23.7 Å². The maximum Gasteiger partial charge on any atom is 0.0120 e. The Morgan fingerprint density at radius 2 is 1.71 bits per heavy atom. The highest BCUT2D eigenvalue weighted by molar-refractivity contribution is 4.98. The van der Waals surface area contributed by atoms with E-state index in [9.17, 15) is 0 Å². The van der Waals surface area contributed by atoms with Gasteiger partial charge >= 0.3 is 0 Å². The molecule has 1 aliphatic rings. The van der Waals surface area contributed by atoms with Gasteiger partial charge in [0.2, 0.25) is 0 Å². The molecule has 0 aromatic heterocycles. The monoisotopic (exact) mass is 235 g/mol.